The van der Waals surface area contributed by atoms with Crippen LogP contribution in [-0.4, -0.2) is 19.7 Å². The van der Waals surface area contributed by atoms with Crippen molar-refractivity contribution in [2.45, 2.75) is 36.0 Å². The van der Waals surface area contributed by atoms with Crippen molar-refractivity contribution in [1.82, 2.24) is 0 Å². The lowest BCUT2D eigenvalue weighted by Crippen LogP contribution is -2.15. The third kappa shape index (κ3) is 2.49. The van der Waals surface area contributed by atoms with Crippen LogP contribution in [0.2, 0.25) is 0 Å². The monoisotopic (exact) mass is 301 g/mol. The summed E-state index contributed by atoms with van der Waals surface area (Å²) < 4.78 is 25.4. The summed E-state index contributed by atoms with van der Waals surface area (Å²) in [5, 5.41) is -0.511. The number of aryl methyl sites for hydroxylation is 2. The van der Waals surface area contributed by atoms with E-state index >= 15 is 0 Å². The fourth-order valence-electron chi connectivity index (χ4n) is 2.79. The van der Waals surface area contributed by atoms with Gasteiger partial charge in [-0.15, -0.1) is 0 Å². The molecule has 3 nitrogen and oxygen atoms in total. The van der Waals surface area contributed by atoms with Gasteiger partial charge in [0.25, 0.3) is 0 Å². The van der Waals surface area contributed by atoms with Gasteiger partial charge < -0.3 is 5.73 Å². The van der Waals surface area contributed by atoms with Crippen molar-refractivity contribution in [3.63, 3.8) is 0 Å². The Morgan fingerprint density at radius 2 is 1.33 bits per heavy atom. The van der Waals surface area contributed by atoms with Gasteiger partial charge in [-0.1, -0.05) is 47.5 Å². The summed E-state index contributed by atoms with van der Waals surface area (Å²) in [5.74, 6) is -0.100. The lowest BCUT2D eigenvalue weighted by Gasteiger charge is -2.05. The Morgan fingerprint density at radius 3 is 1.86 bits per heavy atom. The SMILES string of the molecule is Cc1ccc([C@@H]2[C@H](N)[C@@H]2S(=O)(=O)c2ccc(C)cc2)cc1. The van der Waals surface area contributed by atoms with E-state index in [1.54, 1.807) is 12.1 Å². The minimum atomic E-state index is -3.36. The standard InChI is InChI=1S/C17H19NO2S/c1-11-3-7-13(8-4-11)15-16(18)17(15)21(19,20)14-9-5-12(2)6-10-14/h3-10,15-17H,18H2,1-2H3/t15-,16+,17-/m1/s1. The molecular formula is C17H19NO2S. The van der Waals surface area contributed by atoms with Crippen molar-refractivity contribution in [1.29, 1.82) is 0 Å². The molecule has 2 N–H and O–H groups in total. The molecule has 0 saturated heterocycles. The minimum Gasteiger partial charge on any atom is -0.326 e. The fraction of sp³-hybridized carbons (Fsp3) is 0.294. The molecule has 0 radical (unpaired) electrons. The molecule has 1 saturated carbocycles. The second-order valence-electron chi connectivity index (χ2n) is 5.84. The Hall–Kier alpha value is -1.65. The smallest absolute Gasteiger partial charge is 0.183 e. The number of nitrogens with two attached hydrogens (primary N) is 1. The topological polar surface area (TPSA) is 60.2 Å². The predicted molar refractivity (Wildman–Crippen MR) is 84.0 cm³/mol. The molecule has 21 heavy (non-hydrogen) atoms. The van der Waals surface area contributed by atoms with Gasteiger partial charge in [-0.05, 0) is 31.5 Å². The van der Waals surface area contributed by atoms with E-state index < -0.39 is 15.1 Å². The van der Waals surface area contributed by atoms with Crippen LogP contribution in [-0.2, 0) is 9.84 Å². The van der Waals surface area contributed by atoms with Gasteiger partial charge in [0.05, 0.1) is 10.1 Å². The van der Waals surface area contributed by atoms with E-state index in [-0.39, 0.29) is 12.0 Å². The molecule has 3 rings (SSSR count). The third-order valence-corrected chi connectivity index (χ3v) is 6.43. The molecule has 0 aliphatic heterocycles. The average molecular weight is 301 g/mol. The van der Waals surface area contributed by atoms with E-state index in [1.165, 1.54) is 0 Å². The first-order valence-electron chi connectivity index (χ1n) is 7.04. The van der Waals surface area contributed by atoms with E-state index in [0.29, 0.717) is 4.90 Å². The summed E-state index contributed by atoms with van der Waals surface area (Å²) in [4.78, 5) is 0.364. The van der Waals surface area contributed by atoms with Gasteiger partial charge in [0.1, 0.15) is 0 Å². The van der Waals surface area contributed by atoms with Crippen LogP contribution in [0.25, 0.3) is 0 Å². The zero-order chi connectivity index (χ0) is 15.2. The first kappa shape index (κ1) is 14.3. The zero-order valence-corrected chi connectivity index (χ0v) is 13.0. The van der Waals surface area contributed by atoms with E-state index in [2.05, 4.69) is 0 Å². The van der Waals surface area contributed by atoms with Crippen molar-refractivity contribution in [3.8, 4) is 0 Å². The van der Waals surface area contributed by atoms with Crippen LogP contribution in [0.15, 0.2) is 53.4 Å². The van der Waals surface area contributed by atoms with Crippen LogP contribution < -0.4 is 5.73 Å². The lowest BCUT2D eigenvalue weighted by atomic mass is 10.1. The average Bonchev–Trinajstić information content (AvgIpc) is 3.12. The molecule has 2 aromatic rings. The molecule has 2 aromatic carbocycles. The van der Waals surface area contributed by atoms with E-state index in [9.17, 15) is 8.42 Å². The highest BCUT2D eigenvalue weighted by Gasteiger charge is 2.56. The van der Waals surface area contributed by atoms with Crippen molar-refractivity contribution in [3.05, 3.63) is 65.2 Å². The quantitative estimate of drug-likeness (QED) is 0.948. The molecular weight excluding hydrogens is 282 g/mol. The highest BCUT2D eigenvalue weighted by molar-refractivity contribution is 7.92. The minimum absolute atomic E-state index is 0.100. The van der Waals surface area contributed by atoms with Crippen molar-refractivity contribution < 1.29 is 8.42 Å². The van der Waals surface area contributed by atoms with Gasteiger partial charge in [-0.25, -0.2) is 8.42 Å². The molecule has 0 unspecified atom stereocenters. The molecule has 1 aliphatic carbocycles. The van der Waals surface area contributed by atoms with Crippen molar-refractivity contribution in [2.75, 3.05) is 0 Å². The lowest BCUT2D eigenvalue weighted by molar-refractivity contribution is 0.593. The van der Waals surface area contributed by atoms with Gasteiger partial charge >= 0.3 is 0 Å². The summed E-state index contributed by atoms with van der Waals surface area (Å²) in [7, 11) is -3.36. The van der Waals surface area contributed by atoms with Crippen molar-refractivity contribution >= 4 is 9.84 Å². The van der Waals surface area contributed by atoms with Crippen LogP contribution in [0.5, 0.6) is 0 Å². The number of benzene rings is 2. The maximum atomic E-state index is 12.7. The Kier molecular flexibility index (Phi) is 3.38. The van der Waals surface area contributed by atoms with Gasteiger partial charge in [-0.2, -0.15) is 0 Å². The molecule has 3 atom stereocenters. The number of hydrogen-bond acceptors (Lipinski definition) is 3. The molecule has 4 heteroatoms. The summed E-state index contributed by atoms with van der Waals surface area (Å²) in [6, 6.07) is 14.6. The molecule has 1 aliphatic rings. The highest BCUT2D eigenvalue weighted by atomic mass is 32.2. The molecule has 110 valence electrons. The Balaban J connectivity index is 1.91. The van der Waals surface area contributed by atoms with Crippen LogP contribution in [0, 0.1) is 13.8 Å². The number of rotatable bonds is 3. The van der Waals surface area contributed by atoms with Gasteiger partial charge in [-0.3, -0.25) is 0 Å². The maximum Gasteiger partial charge on any atom is 0.183 e. The molecule has 0 spiro atoms. The van der Waals surface area contributed by atoms with E-state index in [1.807, 2.05) is 50.2 Å². The summed E-state index contributed by atoms with van der Waals surface area (Å²) >= 11 is 0. The largest absolute Gasteiger partial charge is 0.326 e. The molecule has 1 fully saturated rings. The Bertz CT molecular complexity index is 748. The molecule has 0 heterocycles. The van der Waals surface area contributed by atoms with Crippen LogP contribution in [0.3, 0.4) is 0 Å². The second kappa shape index (κ2) is 4.97. The summed E-state index contributed by atoms with van der Waals surface area (Å²) in [5.41, 5.74) is 9.27. The third-order valence-electron chi connectivity index (χ3n) is 4.18. The molecule has 0 amide bonds. The van der Waals surface area contributed by atoms with Crippen LogP contribution in [0.1, 0.15) is 22.6 Å². The first-order chi connectivity index (χ1) is 9.91. The first-order valence-corrected chi connectivity index (χ1v) is 8.58. The molecule has 0 bridgehead atoms. The Labute approximate surface area is 125 Å². The summed E-state index contributed by atoms with van der Waals surface area (Å²) in [6.07, 6.45) is 0. The zero-order valence-electron chi connectivity index (χ0n) is 12.2. The van der Waals surface area contributed by atoms with Crippen LogP contribution in [0.4, 0.5) is 0 Å². The number of sulfone groups is 1. The fourth-order valence-corrected chi connectivity index (χ4v) is 4.84. The predicted octanol–water partition coefficient (Wildman–Crippen LogP) is 2.57. The maximum absolute atomic E-state index is 12.7. The highest BCUT2D eigenvalue weighted by Crippen LogP contribution is 2.47. The van der Waals surface area contributed by atoms with Crippen molar-refractivity contribution in [2.24, 2.45) is 5.73 Å². The van der Waals surface area contributed by atoms with Gasteiger partial charge in [0, 0.05) is 12.0 Å². The normalized spacial score (nSPS) is 24.8. The summed E-state index contributed by atoms with van der Waals surface area (Å²) in [6.45, 7) is 3.95. The second-order valence-corrected chi connectivity index (χ2v) is 7.94. The van der Waals surface area contributed by atoms with E-state index in [4.69, 9.17) is 5.73 Å². The number of hydrogen-bond donors (Lipinski definition) is 1. The van der Waals surface area contributed by atoms with Crippen LogP contribution >= 0.6 is 0 Å². The van der Waals surface area contributed by atoms with Gasteiger partial charge in [0.15, 0.2) is 9.84 Å². The Morgan fingerprint density at radius 1 is 0.857 bits per heavy atom. The van der Waals surface area contributed by atoms with Gasteiger partial charge in [0.2, 0.25) is 0 Å². The molecule has 0 aromatic heterocycles. The van der Waals surface area contributed by atoms with E-state index in [0.717, 1.165) is 16.7 Å².